The van der Waals surface area contributed by atoms with Gasteiger partial charge in [-0.25, -0.2) is 4.79 Å². The summed E-state index contributed by atoms with van der Waals surface area (Å²) in [5, 5.41) is 0. The Morgan fingerprint density at radius 3 is 2.25 bits per heavy atom. The minimum absolute atomic E-state index is 0.0514. The lowest BCUT2D eigenvalue weighted by Crippen LogP contribution is -2.39. The molecule has 0 bridgehead atoms. The second-order valence-corrected chi connectivity index (χ2v) is 3.37. The van der Waals surface area contributed by atoms with Crippen molar-refractivity contribution >= 4 is 12.0 Å². The Morgan fingerprint density at radius 2 is 1.56 bits per heavy atom. The van der Waals surface area contributed by atoms with Gasteiger partial charge in [0.25, 0.3) is 0 Å². The molecule has 0 aliphatic carbocycles. The number of carbonyl (C=O) groups is 1. The van der Waals surface area contributed by atoms with Crippen molar-refractivity contribution < 1.29 is 9.36 Å². The Morgan fingerprint density at radius 1 is 0.938 bits per heavy atom. The van der Waals surface area contributed by atoms with Crippen molar-refractivity contribution in [3.8, 4) is 0 Å². The van der Waals surface area contributed by atoms with Crippen LogP contribution in [-0.2, 0) is 0 Å². The largest absolute Gasteiger partial charge is 0.417 e. The molecule has 0 aliphatic rings. The van der Waals surface area contributed by atoms with Gasteiger partial charge in [0.1, 0.15) is 0 Å². The lowest BCUT2D eigenvalue weighted by Gasteiger charge is -1.90. The molecule has 0 unspecified atom stereocenters. The van der Waals surface area contributed by atoms with Crippen molar-refractivity contribution in [3.63, 3.8) is 0 Å². The molecule has 78 valence electrons. The number of carbonyl (C=O) groups excluding carboxylic acids is 1. The molecule has 0 atom stereocenters. The molecular weight excluding hydrogens is 198 g/mol. The molecule has 0 saturated carbocycles. The summed E-state index contributed by atoms with van der Waals surface area (Å²) in [6.45, 7) is 0. The predicted molar refractivity (Wildman–Crippen MR) is 62.7 cm³/mol. The minimum atomic E-state index is -0.0514. The third kappa shape index (κ3) is 2.64. The first-order valence-electron chi connectivity index (χ1n) is 5.10. The number of nitrogens with zero attached hydrogens (tertiary/aromatic N) is 1. The van der Waals surface area contributed by atoms with E-state index in [-0.39, 0.29) is 5.91 Å². The predicted octanol–water partition coefficient (Wildman–Crippen LogP) is 2.33. The average molecular weight is 210 g/mol. The van der Waals surface area contributed by atoms with Crippen LogP contribution in [0.15, 0.2) is 67.0 Å². The van der Waals surface area contributed by atoms with Gasteiger partial charge >= 0.3 is 5.91 Å². The van der Waals surface area contributed by atoms with Gasteiger partial charge in [0.05, 0.1) is 6.08 Å². The molecular formula is C14H12NO+. The maximum atomic E-state index is 11.7. The van der Waals surface area contributed by atoms with E-state index in [4.69, 9.17) is 0 Å². The molecule has 2 nitrogen and oxygen atoms in total. The highest BCUT2D eigenvalue weighted by Gasteiger charge is 2.06. The quantitative estimate of drug-likeness (QED) is 0.550. The van der Waals surface area contributed by atoms with Crippen LogP contribution in [0.2, 0.25) is 0 Å². The molecule has 2 heteroatoms. The molecule has 1 aromatic heterocycles. The van der Waals surface area contributed by atoms with Crippen molar-refractivity contribution in [1.82, 2.24) is 0 Å². The summed E-state index contributed by atoms with van der Waals surface area (Å²) in [5.41, 5.74) is 1.02. The number of rotatable bonds is 2. The number of allylic oxidation sites excluding steroid dienone is 1. The van der Waals surface area contributed by atoms with Crippen LogP contribution in [0.5, 0.6) is 0 Å². The molecule has 0 spiro atoms. The monoisotopic (exact) mass is 210 g/mol. The third-order valence-electron chi connectivity index (χ3n) is 2.19. The Balaban J connectivity index is 2.12. The molecule has 16 heavy (non-hydrogen) atoms. The lowest BCUT2D eigenvalue weighted by atomic mass is 10.2. The maximum Gasteiger partial charge on any atom is 0.417 e. The molecule has 0 N–H and O–H groups in total. The minimum Gasteiger partial charge on any atom is -0.214 e. The Kier molecular flexibility index (Phi) is 3.24. The first-order valence-corrected chi connectivity index (χ1v) is 5.10. The molecule has 2 aromatic rings. The molecule has 0 aliphatic heterocycles. The van der Waals surface area contributed by atoms with E-state index in [1.165, 1.54) is 0 Å². The zero-order valence-corrected chi connectivity index (χ0v) is 8.78. The zero-order chi connectivity index (χ0) is 11.2. The summed E-state index contributed by atoms with van der Waals surface area (Å²) < 4.78 is 1.54. The standard InChI is InChI=1S/C14H12NO/c16-14(15-11-5-2-6-12-15)10-9-13-7-3-1-4-8-13/h1-12H/q+1. The fourth-order valence-corrected chi connectivity index (χ4v) is 1.36. The molecule has 0 saturated heterocycles. The van der Waals surface area contributed by atoms with Crippen molar-refractivity contribution in [2.45, 2.75) is 0 Å². The van der Waals surface area contributed by atoms with Gasteiger partial charge in [-0.3, -0.25) is 0 Å². The molecule has 1 aromatic carbocycles. The van der Waals surface area contributed by atoms with E-state index in [1.54, 1.807) is 23.0 Å². The van der Waals surface area contributed by atoms with Crippen molar-refractivity contribution in [2.24, 2.45) is 0 Å². The molecule has 1 heterocycles. The summed E-state index contributed by atoms with van der Waals surface area (Å²) >= 11 is 0. The Labute approximate surface area is 94.5 Å². The van der Waals surface area contributed by atoms with E-state index in [0.29, 0.717) is 0 Å². The number of hydrogen-bond donors (Lipinski definition) is 0. The second kappa shape index (κ2) is 5.03. The smallest absolute Gasteiger partial charge is 0.214 e. The zero-order valence-electron chi connectivity index (χ0n) is 8.78. The van der Waals surface area contributed by atoms with E-state index >= 15 is 0 Å². The summed E-state index contributed by atoms with van der Waals surface area (Å²) in [4.78, 5) is 11.7. The van der Waals surface area contributed by atoms with E-state index in [2.05, 4.69) is 0 Å². The van der Waals surface area contributed by atoms with Crippen LogP contribution in [0.4, 0.5) is 0 Å². The molecule has 0 radical (unpaired) electrons. The van der Waals surface area contributed by atoms with Crippen LogP contribution < -0.4 is 4.57 Å². The van der Waals surface area contributed by atoms with Gasteiger partial charge in [-0.15, -0.1) is 4.57 Å². The highest BCUT2D eigenvalue weighted by molar-refractivity contribution is 5.84. The number of pyridine rings is 1. The Bertz CT molecular complexity index is 489. The van der Waals surface area contributed by atoms with Crippen LogP contribution in [0.1, 0.15) is 10.4 Å². The van der Waals surface area contributed by atoms with Gasteiger partial charge in [0, 0.05) is 12.1 Å². The van der Waals surface area contributed by atoms with Gasteiger partial charge in [-0.05, 0) is 11.6 Å². The highest BCUT2D eigenvalue weighted by atomic mass is 16.1. The maximum absolute atomic E-state index is 11.7. The summed E-state index contributed by atoms with van der Waals surface area (Å²) in [6.07, 6.45) is 6.84. The molecule has 0 amide bonds. The lowest BCUT2D eigenvalue weighted by molar-refractivity contribution is -0.570. The van der Waals surface area contributed by atoms with Crippen LogP contribution in [0, 0.1) is 0 Å². The first kappa shape index (κ1) is 10.3. The average Bonchev–Trinajstić information content (AvgIpc) is 2.38. The summed E-state index contributed by atoms with van der Waals surface area (Å²) in [7, 11) is 0. The van der Waals surface area contributed by atoms with E-state index in [1.807, 2.05) is 54.6 Å². The topological polar surface area (TPSA) is 20.9 Å². The van der Waals surface area contributed by atoms with Gasteiger partial charge in [-0.1, -0.05) is 36.4 Å². The van der Waals surface area contributed by atoms with Gasteiger partial charge in [-0.2, -0.15) is 0 Å². The fourth-order valence-electron chi connectivity index (χ4n) is 1.36. The molecule has 2 rings (SSSR count). The van der Waals surface area contributed by atoms with Crippen LogP contribution in [0.3, 0.4) is 0 Å². The number of hydrogen-bond acceptors (Lipinski definition) is 1. The fraction of sp³-hybridized carbons (Fsp3) is 0. The molecule has 0 fully saturated rings. The normalized spacial score (nSPS) is 10.5. The van der Waals surface area contributed by atoms with Gasteiger partial charge in [0.15, 0.2) is 12.4 Å². The number of aromatic nitrogens is 1. The van der Waals surface area contributed by atoms with E-state index in [9.17, 15) is 4.79 Å². The van der Waals surface area contributed by atoms with Crippen LogP contribution >= 0.6 is 0 Å². The van der Waals surface area contributed by atoms with Crippen LogP contribution in [-0.4, -0.2) is 5.91 Å². The third-order valence-corrected chi connectivity index (χ3v) is 2.19. The van der Waals surface area contributed by atoms with Crippen LogP contribution in [0.25, 0.3) is 6.08 Å². The Hall–Kier alpha value is -2.22. The van der Waals surface area contributed by atoms with E-state index < -0.39 is 0 Å². The SMILES string of the molecule is O=C(C=Cc1ccccc1)[n+]1ccccc1. The van der Waals surface area contributed by atoms with Crippen molar-refractivity contribution in [3.05, 3.63) is 72.6 Å². The van der Waals surface area contributed by atoms with Crippen molar-refractivity contribution in [1.29, 1.82) is 0 Å². The summed E-state index contributed by atoms with van der Waals surface area (Å²) in [5.74, 6) is -0.0514. The summed E-state index contributed by atoms with van der Waals surface area (Å²) in [6, 6.07) is 15.3. The van der Waals surface area contributed by atoms with Gasteiger partial charge in [0.2, 0.25) is 0 Å². The van der Waals surface area contributed by atoms with Gasteiger partial charge < -0.3 is 0 Å². The van der Waals surface area contributed by atoms with Crippen molar-refractivity contribution in [2.75, 3.05) is 0 Å². The highest BCUT2D eigenvalue weighted by Crippen LogP contribution is 2.00. The second-order valence-electron chi connectivity index (χ2n) is 3.37. The first-order chi connectivity index (χ1) is 7.86. The van der Waals surface area contributed by atoms with E-state index in [0.717, 1.165) is 5.56 Å². The number of benzene rings is 1.